The maximum absolute atomic E-state index is 12.3. The number of aliphatic hydroxyl groups excluding tert-OH is 1. The Labute approximate surface area is 128 Å². The second-order valence-corrected chi connectivity index (χ2v) is 7.40. The van der Waals surface area contributed by atoms with Gasteiger partial charge in [0.15, 0.2) is 0 Å². The number of hydrogen-bond donors (Lipinski definition) is 1. The van der Waals surface area contributed by atoms with Gasteiger partial charge in [-0.15, -0.1) is 0 Å². The fourth-order valence-corrected chi connectivity index (χ4v) is 3.24. The zero-order chi connectivity index (χ0) is 15.5. The summed E-state index contributed by atoms with van der Waals surface area (Å²) in [5.74, 6) is 0.465. The zero-order valence-electron chi connectivity index (χ0n) is 13.7. The average Bonchev–Trinajstić information content (AvgIpc) is 2.86. The molecule has 5 heteroatoms. The Hall–Kier alpha value is -0.810. The number of aliphatic hydroxyl groups is 1. The lowest BCUT2D eigenvalue weighted by Gasteiger charge is -2.35. The lowest BCUT2D eigenvalue weighted by molar-refractivity contribution is 0.0180. The van der Waals surface area contributed by atoms with Crippen molar-refractivity contribution < 1.29 is 14.6 Å². The first-order valence-electron chi connectivity index (χ1n) is 8.22. The van der Waals surface area contributed by atoms with Gasteiger partial charge in [0.2, 0.25) is 0 Å². The fourth-order valence-electron chi connectivity index (χ4n) is 3.24. The van der Waals surface area contributed by atoms with E-state index in [2.05, 4.69) is 4.90 Å². The summed E-state index contributed by atoms with van der Waals surface area (Å²) in [4.78, 5) is 16.6. The van der Waals surface area contributed by atoms with Crippen LogP contribution < -0.4 is 0 Å². The van der Waals surface area contributed by atoms with E-state index in [1.165, 1.54) is 0 Å². The Bertz CT molecular complexity index is 346. The third-order valence-electron chi connectivity index (χ3n) is 4.44. The second-order valence-electron chi connectivity index (χ2n) is 7.40. The lowest BCUT2D eigenvalue weighted by atomic mass is 9.97. The number of piperidine rings is 1. The molecule has 1 atom stereocenters. The topological polar surface area (TPSA) is 53.0 Å². The van der Waals surface area contributed by atoms with Crippen LogP contribution in [0.4, 0.5) is 4.79 Å². The molecule has 2 heterocycles. The van der Waals surface area contributed by atoms with E-state index in [1.54, 1.807) is 0 Å². The molecule has 0 saturated carbocycles. The predicted molar refractivity (Wildman–Crippen MR) is 82.2 cm³/mol. The normalized spacial score (nSPS) is 25.3. The summed E-state index contributed by atoms with van der Waals surface area (Å²) in [6.45, 7) is 9.86. The van der Waals surface area contributed by atoms with Gasteiger partial charge in [-0.2, -0.15) is 0 Å². The van der Waals surface area contributed by atoms with Crippen LogP contribution in [0, 0.1) is 5.92 Å². The van der Waals surface area contributed by atoms with Crippen molar-refractivity contribution in [2.24, 2.45) is 5.92 Å². The Morgan fingerprint density at radius 3 is 2.43 bits per heavy atom. The lowest BCUT2D eigenvalue weighted by Crippen LogP contribution is -2.47. The van der Waals surface area contributed by atoms with Crippen LogP contribution >= 0.6 is 0 Å². The second kappa shape index (κ2) is 6.97. The molecule has 1 amide bonds. The van der Waals surface area contributed by atoms with Gasteiger partial charge < -0.3 is 19.6 Å². The zero-order valence-corrected chi connectivity index (χ0v) is 13.7. The molecule has 2 rings (SSSR count). The van der Waals surface area contributed by atoms with E-state index in [-0.39, 0.29) is 12.1 Å². The number of nitrogens with zero attached hydrogens (tertiary/aromatic N) is 2. The van der Waals surface area contributed by atoms with Crippen molar-refractivity contribution in [3.05, 3.63) is 0 Å². The van der Waals surface area contributed by atoms with Gasteiger partial charge in [-0.05, 0) is 65.5 Å². The van der Waals surface area contributed by atoms with E-state index in [1.807, 2.05) is 25.7 Å². The van der Waals surface area contributed by atoms with Crippen molar-refractivity contribution in [1.29, 1.82) is 0 Å². The number of rotatable bonds is 3. The van der Waals surface area contributed by atoms with Crippen LogP contribution in [-0.2, 0) is 4.74 Å². The minimum absolute atomic E-state index is 0.171. The van der Waals surface area contributed by atoms with E-state index in [0.29, 0.717) is 12.5 Å². The number of ether oxygens (including phenoxy) is 1. The molecule has 21 heavy (non-hydrogen) atoms. The average molecular weight is 298 g/mol. The van der Waals surface area contributed by atoms with Crippen LogP contribution in [0.5, 0.6) is 0 Å². The van der Waals surface area contributed by atoms with Crippen LogP contribution in [0.2, 0.25) is 0 Å². The molecule has 0 unspecified atom stereocenters. The van der Waals surface area contributed by atoms with Crippen molar-refractivity contribution in [3.8, 4) is 0 Å². The Morgan fingerprint density at radius 1 is 1.19 bits per heavy atom. The molecular weight excluding hydrogens is 268 g/mol. The molecule has 2 saturated heterocycles. The third kappa shape index (κ3) is 4.85. The van der Waals surface area contributed by atoms with E-state index in [0.717, 1.165) is 51.9 Å². The van der Waals surface area contributed by atoms with Crippen molar-refractivity contribution in [2.75, 3.05) is 32.8 Å². The van der Waals surface area contributed by atoms with Gasteiger partial charge in [0.05, 0.1) is 0 Å². The molecule has 0 aromatic carbocycles. The molecule has 5 nitrogen and oxygen atoms in total. The monoisotopic (exact) mass is 298 g/mol. The first-order chi connectivity index (χ1) is 9.89. The number of amides is 1. The predicted octanol–water partition coefficient (Wildman–Crippen LogP) is 2.09. The number of likely N-dealkylation sites (tertiary alicyclic amines) is 2. The van der Waals surface area contributed by atoms with E-state index in [4.69, 9.17) is 4.74 Å². The highest BCUT2D eigenvalue weighted by Crippen LogP contribution is 2.24. The summed E-state index contributed by atoms with van der Waals surface area (Å²) in [5, 5.41) is 9.20. The van der Waals surface area contributed by atoms with Crippen molar-refractivity contribution in [3.63, 3.8) is 0 Å². The Balaban J connectivity index is 1.83. The number of hydrogen-bond acceptors (Lipinski definition) is 4. The SMILES string of the molecule is CC(C)(C)OC(=O)N1CCC[C@H]1CN1CCC(CO)CC1. The van der Waals surface area contributed by atoms with Gasteiger partial charge in [-0.1, -0.05) is 0 Å². The van der Waals surface area contributed by atoms with Crippen LogP contribution in [0.15, 0.2) is 0 Å². The molecule has 0 aromatic rings. The van der Waals surface area contributed by atoms with Crippen molar-refractivity contribution in [1.82, 2.24) is 9.80 Å². The van der Waals surface area contributed by atoms with Gasteiger partial charge >= 0.3 is 6.09 Å². The molecule has 0 aliphatic carbocycles. The van der Waals surface area contributed by atoms with Crippen molar-refractivity contribution in [2.45, 2.75) is 58.1 Å². The molecule has 2 aliphatic rings. The maximum Gasteiger partial charge on any atom is 0.410 e. The Kier molecular flexibility index (Phi) is 5.49. The molecule has 0 bridgehead atoms. The molecule has 0 spiro atoms. The van der Waals surface area contributed by atoms with Crippen molar-refractivity contribution >= 4 is 6.09 Å². The standard InChI is InChI=1S/C16H30N2O3/c1-16(2,3)21-15(20)18-8-4-5-14(18)11-17-9-6-13(12-19)7-10-17/h13-14,19H,4-12H2,1-3H3/t14-/m0/s1. The van der Waals surface area contributed by atoms with Gasteiger partial charge in [0.1, 0.15) is 5.60 Å². The summed E-state index contributed by atoms with van der Waals surface area (Å²) >= 11 is 0. The molecule has 2 fully saturated rings. The molecule has 2 aliphatic heterocycles. The molecular formula is C16H30N2O3. The highest BCUT2D eigenvalue weighted by molar-refractivity contribution is 5.69. The van der Waals surface area contributed by atoms with E-state index < -0.39 is 5.60 Å². The summed E-state index contributed by atoms with van der Waals surface area (Å²) in [7, 11) is 0. The maximum atomic E-state index is 12.3. The molecule has 0 aromatic heterocycles. The van der Waals surface area contributed by atoms with Crippen LogP contribution in [-0.4, -0.2) is 65.4 Å². The number of carbonyl (C=O) groups is 1. The highest BCUT2D eigenvalue weighted by Gasteiger charge is 2.33. The van der Waals surface area contributed by atoms with Gasteiger partial charge in [0.25, 0.3) is 0 Å². The first kappa shape index (κ1) is 16.6. The molecule has 122 valence electrons. The van der Waals surface area contributed by atoms with E-state index in [9.17, 15) is 9.90 Å². The smallest absolute Gasteiger partial charge is 0.410 e. The third-order valence-corrected chi connectivity index (χ3v) is 4.44. The summed E-state index contributed by atoms with van der Waals surface area (Å²) in [6, 6.07) is 0.283. The van der Waals surface area contributed by atoms with Crippen LogP contribution in [0.25, 0.3) is 0 Å². The molecule has 0 radical (unpaired) electrons. The fraction of sp³-hybridized carbons (Fsp3) is 0.938. The van der Waals surface area contributed by atoms with Gasteiger partial charge in [0, 0.05) is 25.7 Å². The van der Waals surface area contributed by atoms with Gasteiger partial charge in [-0.25, -0.2) is 4.79 Å². The minimum atomic E-state index is -0.427. The molecule has 1 N–H and O–H groups in total. The quantitative estimate of drug-likeness (QED) is 0.867. The largest absolute Gasteiger partial charge is 0.444 e. The highest BCUT2D eigenvalue weighted by atomic mass is 16.6. The first-order valence-corrected chi connectivity index (χ1v) is 8.22. The van der Waals surface area contributed by atoms with Crippen LogP contribution in [0.3, 0.4) is 0 Å². The van der Waals surface area contributed by atoms with Gasteiger partial charge in [-0.3, -0.25) is 0 Å². The Morgan fingerprint density at radius 2 is 1.86 bits per heavy atom. The summed E-state index contributed by atoms with van der Waals surface area (Å²) < 4.78 is 5.51. The summed E-state index contributed by atoms with van der Waals surface area (Å²) in [5.41, 5.74) is -0.427. The summed E-state index contributed by atoms with van der Waals surface area (Å²) in [6.07, 6.45) is 4.09. The number of carbonyl (C=O) groups excluding carboxylic acids is 1. The van der Waals surface area contributed by atoms with E-state index >= 15 is 0 Å². The van der Waals surface area contributed by atoms with Crippen LogP contribution in [0.1, 0.15) is 46.5 Å². The minimum Gasteiger partial charge on any atom is -0.444 e.